The van der Waals surface area contributed by atoms with Crippen molar-refractivity contribution >= 4 is 12.2 Å². The van der Waals surface area contributed by atoms with Crippen LogP contribution in [0.1, 0.15) is 18.4 Å². The summed E-state index contributed by atoms with van der Waals surface area (Å²) in [5.41, 5.74) is 1.07. The Bertz CT molecular complexity index is 545. The van der Waals surface area contributed by atoms with Crippen LogP contribution in [0.4, 0.5) is 9.59 Å². The molecule has 1 aromatic carbocycles. The first kappa shape index (κ1) is 14.7. The molecule has 2 heterocycles. The van der Waals surface area contributed by atoms with Crippen LogP contribution in [0.2, 0.25) is 0 Å². The number of carboxylic acid groups (broad SMARTS) is 1. The number of hydrogen-bond acceptors (Lipinski definition) is 3. The first-order chi connectivity index (χ1) is 10.6. The number of carbonyl (C=O) groups is 2. The minimum Gasteiger partial charge on any atom is -0.465 e. The summed E-state index contributed by atoms with van der Waals surface area (Å²) in [7, 11) is 0. The van der Waals surface area contributed by atoms with Crippen LogP contribution in [0.25, 0.3) is 0 Å². The van der Waals surface area contributed by atoms with Crippen molar-refractivity contribution in [2.24, 2.45) is 5.41 Å². The number of rotatable bonds is 2. The molecule has 0 bridgehead atoms. The minimum absolute atomic E-state index is 0.0950. The summed E-state index contributed by atoms with van der Waals surface area (Å²) >= 11 is 0. The molecule has 2 fully saturated rings. The first-order valence-corrected chi connectivity index (χ1v) is 7.52. The molecule has 6 nitrogen and oxygen atoms in total. The highest BCUT2D eigenvalue weighted by Crippen LogP contribution is 2.40. The number of ether oxygens (including phenoxy) is 1. The average Bonchev–Trinajstić information content (AvgIpc) is 2.51. The van der Waals surface area contributed by atoms with Crippen LogP contribution in [0.5, 0.6) is 0 Å². The van der Waals surface area contributed by atoms with Crippen LogP contribution in [-0.4, -0.2) is 53.3 Å². The summed E-state index contributed by atoms with van der Waals surface area (Å²) < 4.78 is 5.31. The molecule has 0 atom stereocenters. The molecular weight excluding hydrogens is 284 g/mol. The third-order valence-electron chi connectivity index (χ3n) is 4.61. The Balaban J connectivity index is 1.43. The van der Waals surface area contributed by atoms with Gasteiger partial charge in [-0.1, -0.05) is 30.3 Å². The van der Waals surface area contributed by atoms with E-state index in [0.717, 1.165) is 18.4 Å². The van der Waals surface area contributed by atoms with Gasteiger partial charge in [-0.05, 0) is 18.4 Å². The molecule has 1 N–H and O–H groups in total. The van der Waals surface area contributed by atoms with E-state index >= 15 is 0 Å². The molecular formula is C16H20N2O4. The van der Waals surface area contributed by atoms with Crippen molar-refractivity contribution in [2.45, 2.75) is 19.4 Å². The van der Waals surface area contributed by atoms with Crippen molar-refractivity contribution < 1.29 is 19.4 Å². The number of nitrogens with zero attached hydrogens (tertiary/aromatic N) is 2. The predicted octanol–water partition coefficient (Wildman–Crippen LogP) is 2.40. The van der Waals surface area contributed by atoms with Gasteiger partial charge in [0.05, 0.1) is 0 Å². The monoisotopic (exact) mass is 304 g/mol. The van der Waals surface area contributed by atoms with Gasteiger partial charge in [-0.3, -0.25) is 0 Å². The lowest BCUT2D eigenvalue weighted by Gasteiger charge is -2.52. The van der Waals surface area contributed by atoms with E-state index < -0.39 is 6.09 Å². The van der Waals surface area contributed by atoms with Gasteiger partial charge in [-0.2, -0.15) is 0 Å². The van der Waals surface area contributed by atoms with Gasteiger partial charge < -0.3 is 19.6 Å². The SMILES string of the molecule is O=C(O)N1CCC2(CC1)CN(C(=O)OCc1ccccc1)C2. The van der Waals surface area contributed by atoms with Gasteiger partial charge in [-0.25, -0.2) is 9.59 Å². The standard InChI is InChI=1S/C16H20N2O4/c19-14(20)17-8-6-16(7-9-17)11-18(12-16)15(21)22-10-13-4-2-1-3-5-13/h1-5H,6-12H2,(H,19,20). The van der Waals surface area contributed by atoms with Gasteiger partial charge in [-0.15, -0.1) is 0 Å². The number of piperidine rings is 1. The lowest BCUT2D eigenvalue weighted by molar-refractivity contribution is -0.0397. The van der Waals surface area contributed by atoms with E-state index in [-0.39, 0.29) is 18.1 Å². The topological polar surface area (TPSA) is 70.1 Å². The van der Waals surface area contributed by atoms with Gasteiger partial charge in [0.15, 0.2) is 0 Å². The molecule has 2 aliphatic heterocycles. The van der Waals surface area contributed by atoms with Crippen molar-refractivity contribution in [3.8, 4) is 0 Å². The molecule has 0 aromatic heterocycles. The summed E-state index contributed by atoms with van der Waals surface area (Å²) in [6.45, 7) is 2.75. The number of amides is 2. The van der Waals surface area contributed by atoms with E-state index in [1.807, 2.05) is 30.3 Å². The normalized spacial score (nSPS) is 19.6. The molecule has 1 spiro atoms. The highest BCUT2D eigenvalue weighted by Gasteiger charge is 2.47. The largest absolute Gasteiger partial charge is 0.465 e. The summed E-state index contributed by atoms with van der Waals surface area (Å²) in [4.78, 5) is 26.1. The molecule has 0 saturated carbocycles. The van der Waals surface area contributed by atoms with Gasteiger partial charge in [0.2, 0.25) is 0 Å². The van der Waals surface area contributed by atoms with E-state index in [0.29, 0.717) is 26.2 Å². The van der Waals surface area contributed by atoms with Gasteiger partial charge in [0.25, 0.3) is 0 Å². The van der Waals surface area contributed by atoms with Crippen LogP contribution in [0.3, 0.4) is 0 Å². The highest BCUT2D eigenvalue weighted by atomic mass is 16.6. The van der Waals surface area contributed by atoms with Crippen LogP contribution in [-0.2, 0) is 11.3 Å². The first-order valence-electron chi connectivity index (χ1n) is 7.52. The van der Waals surface area contributed by atoms with E-state index in [4.69, 9.17) is 9.84 Å². The Hall–Kier alpha value is -2.24. The Morgan fingerprint density at radius 2 is 1.73 bits per heavy atom. The molecule has 6 heteroatoms. The molecule has 2 aliphatic rings. The quantitative estimate of drug-likeness (QED) is 0.911. The third kappa shape index (κ3) is 3.00. The molecule has 2 saturated heterocycles. The zero-order valence-electron chi connectivity index (χ0n) is 12.4. The number of hydrogen-bond donors (Lipinski definition) is 1. The summed E-state index contributed by atoms with van der Waals surface area (Å²) in [6.07, 6.45) is 0.507. The molecule has 2 amide bonds. The van der Waals surface area contributed by atoms with Crippen molar-refractivity contribution in [3.63, 3.8) is 0 Å². The van der Waals surface area contributed by atoms with Gasteiger partial charge in [0, 0.05) is 31.6 Å². The second kappa shape index (κ2) is 5.87. The lowest BCUT2D eigenvalue weighted by Crippen LogP contribution is -2.62. The van der Waals surface area contributed by atoms with Crippen LogP contribution < -0.4 is 0 Å². The van der Waals surface area contributed by atoms with Crippen molar-refractivity contribution in [1.82, 2.24) is 9.80 Å². The van der Waals surface area contributed by atoms with E-state index in [9.17, 15) is 9.59 Å². The number of benzene rings is 1. The minimum atomic E-state index is -0.853. The van der Waals surface area contributed by atoms with Crippen LogP contribution in [0.15, 0.2) is 30.3 Å². The zero-order valence-corrected chi connectivity index (χ0v) is 12.4. The van der Waals surface area contributed by atoms with Crippen molar-refractivity contribution in [2.75, 3.05) is 26.2 Å². The van der Waals surface area contributed by atoms with Crippen molar-refractivity contribution in [1.29, 1.82) is 0 Å². The fourth-order valence-electron chi connectivity index (χ4n) is 3.19. The molecule has 22 heavy (non-hydrogen) atoms. The third-order valence-corrected chi connectivity index (χ3v) is 4.61. The van der Waals surface area contributed by atoms with Crippen LogP contribution >= 0.6 is 0 Å². The van der Waals surface area contributed by atoms with Crippen LogP contribution in [0, 0.1) is 5.41 Å². The summed E-state index contributed by atoms with van der Waals surface area (Å²) in [5, 5.41) is 8.96. The summed E-state index contributed by atoms with van der Waals surface area (Å²) in [5.74, 6) is 0. The Kier molecular flexibility index (Phi) is 3.92. The zero-order chi connectivity index (χ0) is 15.6. The molecule has 0 unspecified atom stereocenters. The predicted molar refractivity (Wildman–Crippen MR) is 79.5 cm³/mol. The Labute approximate surface area is 129 Å². The second-order valence-electron chi connectivity index (χ2n) is 6.17. The molecule has 1 aromatic rings. The Morgan fingerprint density at radius 1 is 1.09 bits per heavy atom. The molecule has 118 valence electrons. The van der Waals surface area contributed by atoms with E-state index in [1.165, 1.54) is 4.90 Å². The number of likely N-dealkylation sites (tertiary alicyclic amines) is 2. The van der Waals surface area contributed by atoms with E-state index in [1.54, 1.807) is 4.90 Å². The van der Waals surface area contributed by atoms with E-state index in [2.05, 4.69) is 0 Å². The van der Waals surface area contributed by atoms with Crippen molar-refractivity contribution in [3.05, 3.63) is 35.9 Å². The Morgan fingerprint density at radius 3 is 2.32 bits per heavy atom. The average molecular weight is 304 g/mol. The maximum atomic E-state index is 12.0. The van der Waals surface area contributed by atoms with Gasteiger partial charge in [0.1, 0.15) is 6.61 Å². The highest BCUT2D eigenvalue weighted by molar-refractivity contribution is 5.69. The maximum Gasteiger partial charge on any atom is 0.410 e. The molecule has 0 radical (unpaired) electrons. The maximum absolute atomic E-state index is 12.0. The fraction of sp³-hybridized carbons (Fsp3) is 0.500. The molecule has 0 aliphatic carbocycles. The number of carbonyl (C=O) groups excluding carboxylic acids is 1. The van der Waals surface area contributed by atoms with Gasteiger partial charge >= 0.3 is 12.2 Å². The fourth-order valence-corrected chi connectivity index (χ4v) is 3.19. The summed E-state index contributed by atoms with van der Waals surface area (Å²) in [6, 6.07) is 9.60. The lowest BCUT2D eigenvalue weighted by atomic mass is 9.72. The smallest absolute Gasteiger partial charge is 0.410 e. The second-order valence-corrected chi connectivity index (χ2v) is 6.17. The molecule has 3 rings (SSSR count).